The van der Waals surface area contributed by atoms with E-state index in [2.05, 4.69) is 10.3 Å². The number of hydrogen-bond acceptors (Lipinski definition) is 3. The number of carbonyl (C=O) groups excluding carboxylic acids is 1. The summed E-state index contributed by atoms with van der Waals surface area (Å²) in [6, 6.07) is 16.0. The van der Waals surface area contributed by atoms with E-state index in [0.717, 1.165) is 22.2 Å². The first kappa shape index (κ1) is 18.3. The van der Waals surface area contributed by atoms with Gasteiger partial charge in [-0.05, 0) is 37.6 Å². The number of carbonyl (C=O) groups is 1. The standard InChI is InChI=1S/C21H19ClN4O2/c1-13-11-19(27)24-20-16-8-4-6-10-18(16)26(25(13)20)14(2)21(28)23-12-15-7-3-5-9-17(15)22/h3-11,14H,12H2,1-2H3,(H,23,28). The van der Waals surface area contributed by atoms with Crippen molar-refractivity contribution in [3.8, 4) is 0 Å². The molecule has 0 aliphatic rings. The Kier molecular flexibility index (Phi) is 4.65. The minimum atomic E-state index is -0.520. The van der Waals surface area contributed by atoms with Crippen molar-refractivity contribution in [3.63, 3.8) is 0 Å². The maximum Gasteiger partial charge on any atom is 0.273 e. The Morgan fingerprint density at radius 1 is 1.18 bits per heavy atom. The van der Waals surface area contributed by atoms with Gasteiger partial charge in [0.1, 0.15) is 6.04 Å². The number of rotatable bonds is 4. The third-order valence-electron chi connectivity index (χ3n) is 4.85. The molecule has 4 aromatic rings. The second-order valence-corrected chi connectivity index (χ2v) is 7.13. The highest BCUT2D eigenvalue weighted by atomic mass is 35.5. The first-order valence-electron chi connectivity index (χ1n) is 8.98. The fourth-order valence-corrected chi connectivity index (χ4v) is 3.67. The molecule has 4 rings (SSSR count). The molecule has 1 amide bonds. The van der Waals surface area contributed by atoms with E-state index in [0.29, 0.717) is 17.2 Å². The average molecular weight is 395 g/mol. The molecule has 0 bridgehead atoms. The van der Waals surface area contributed by atoms with Crippen molar-refractivity contribution in [2.75, 3.05) is 0 Å². The van der Waals surface area contributed by atoms with Crippen molar-refractivity contribution in [1.82, 2.24) is 19.5 Å². The molecule has 2 aromatic carbocycles. The molecule has 28 heavy (non-hydrogen) atoms. The van der Waals surface area contributed by atoms with Gasteiger partial charge in [-0.25, -0.2) is 4.52 Å². The number of amides is 1. The Balaban J connectivity index is 1.76. The molecule has 1 unspecified atom stereocenters. The van der Waals surface area contributed by atoms with Crippen LogP contribution in [0.2, 0.25) is 5.02 Å². The van der Waals surface area contributed by atoms with Crippen molar-refractivity contribution in [3.05, 3.63) is 81.2 Å². The molecule has 2 heterocycles. The molecule has 7 heteroatoms. The summed E-state index contributed by atoms with van der Waals surface area (Å²) < 4.78 is 3.69. The highest BCUT2D eigenvalue weighted by Crippen LogP contribution is 2.25. The van der Waals surface area contributed by atoms with E-state index in [-0.39, 0.29) is 11.5 Å². The molecule has 142 valence electrons. The average Bonchev–Trinajstić information content (AvgIpc) is 3.01. The van der Waals surface area contributed by atoms with Crippen LogP contribution in [0.5, 0.6) is 0 Å². The lowest BCUT2D eigenvalue weighted by atomic mass is 10.2. The quantitative estimate of drug-likeness (QED) is 0.576. The molecule has 0 aliphatic heterocycles. The summed E-state index contributed by atoms with van der Waals surface area (Å²) in [7, 11) is 0. The monoisotopic (exact) mass is 394 g/mol. The van der Waals surface area contributed by atoms with Gasteiger partial charge in [-0.3, -0.25) is 14.3 Å². The van der Waals surface area contributed by atoms with Crippen LogP contribution in [0.1, 0.15) is 24.2 Å². The zero-order chi connectivity index (χ0) is 19.8. The fourth-order valence-electron chi connectivity index (χ4n) is 3.47. The summed E-state index contributed by atoms with van der Waals surface area (Å²) in [6.45, 7) is 4.00. The summed E-state index contributed by atoms with van der Waals surface area (Å²) in [5, 5.41) is 4.39. The van der Waals surface area contributed by atoms with Gasteiger partial charge in [0, 0.05) is 28.7 Å². The molecule has 0 aliphatic carbocycles. The molecule has 1 atom stereocenters. The van der Waals surface area contributed by atoms with Crippen LogP contribution in [-0.4, -0.2) is 20.1 Å². The van der Waals surface area contributed by atoms with Crippen molar-refractivity contribution in [2.24, 2.45) is 0 Å². The van der Waals surface area contributed by atoms with Crippen LogP contribution in [0.15, 0.2) is 59.4 Å². The summed E-state index contributed by atoms with van der Waals surface area (Å²) in [5.41, 5.74) is 2.66. The summed E-state index contributed by atoms with van der Waals surface area (Å²) in [5.74, 6) is -0.152. The minimum Gasteiger partial charge on any atom is -0.350 e. The van der Waals surface area contributed by atoms with Crippen LogP contribution >= 0.6 is 11.6 Å². The zero-order valence-corrected chi connectivity index (χ0v) is 16.3. The van der Waals surface area contributed by atoms with Crippen LogP contribution in [0.4, 0.5) is 0 Å². The van der Waals surface area contributed by atoms with E-state index in [1.54, 1.807) is 6.07 Å². The van der Waals surface area contributed by atoms with Crippen LogP contribution in [0.25, 0.3) is 16.6 Å². The van der Waals surface area contributed by atoms with Gasteiger partial charge in [0.05, 0.1) is 5.52 Å². The van der Waals surface area contributed by atoms with Gasteiger partial charge in [-0.15, -0.1) is 0 Å². The smallest absolute Gasteiger partial charge is 0.273 e. The van der Waals surface area contributed by atoms with Gasteiger partial charge in [-0.2, -0.15) is 4.98 Å². The van der Waals surface area contributed by atoms with Crippen molar-refractivity contribution < 1.29 is 4.79 Å². The van der Waals surface area contributed by atoms with E-state index < -0.39 is 6.04 Å². The second kappa shape index (κ2) is 7.13. The number of nitrogens with one attached hydrogen (secondary N) is 1. The minimum absolute atomic E-state index is 0.152. The van der Waals surface area contributed by atoms with Gasteiger partial charge in [0.15, 0.2) is 5.65 Å². The van der Waals surface area contributed by atoms with Crippen molar-refractivity contribution in [1.29, 1.82) is 0 Å². The van der Waals surface area contributed by atoms with Crippen LogP contribution < -0.4 is 10.9 Å². The highest BCUT2D eigenvalue weighted by Gasteiger charge is 2.22. The topological polar surface area (TPSA) is 68.4 Å². The van der Waals surface area contributed by atoms with E-state index in [9.17, 15) is 9.59 Å². The fraction of sp³-hybridized carbons (Fsp3) is 0.190. The maximum atomic E-state index is 12.9. The number of fused-ring (bicyclic) bond motifs is 3. The Morgan fingerprint density at radius 2 is 1.89 bits per heavy atom. The van der Waals surface area contributed by atoms with Gasteiger partial charge in [0.25, 0.3) is 5.56 Å². The van der Waals surface area contributed by atoms with E-state index in [1.165, 1.54) is 6.07 Å². The van der Waals surface area contributed by atoms with Crippen LogP contribution in [0, 0.1) is 6.92 Å². The molecule has 0 radical (unpaired) electrons. The second-order valence-electron chi connectivity index (χ2n) is 6.72. The highest BCUT2D eigenvalue weighted by molar-refractivity contribution is 6.31. The van der Waals surface area contributed by atoms with E-state index in [4.69, 9.17) is 11.6 Å². The van der Waals surface area contributed by atoms with Crippen molar-refractivity contribution >= 4 is 34.1 Å². The Morgan fingerprint density at radius 3 is 2.68 bits per heavy atom. The number of aromatic nitrogens is 3. The molecule has 0 saturated carbocycles. The summed E-state index contributed by atoms with van der Waals surface area (Å²) in [6.07, 6.45) is 0. The number of para-hydroxylation sites is 1. The van der Waals surface area contributed by atoms with Gasteiger partial charge >= 0.3 is 0 Å². The molecule has 6 nitrogen and oxygen atoms in total. The third kappa shape index (κ3) is 3.05. The van der Waals surface area contributed by atoms with E-state index in [1.807, 2.05) is 65.5 Å². The number of aryl methyl sites for hydroxylation is 1. The number of benzene rings is 2. The zero-order valence-electron chi connectivity index (χ0n) is 15.5. The Labute approximate surface area is 166 Å². The lowest BCUT2D eigenvalue weighted by Gasteiger charge is -2.18. The molecular formula is C21H19ClN4O2. The molecule has 0 saturated heterocycles. The summed E-state index contributed by atoms with van der Waals surface area (Å²) >= 11 is 6.18. The summed E-state index contributed by atoms with van der Waals surface area (Å²) in [4.78, 5) is 29.0. The molecule has 2 aromatic heterocycles. The van der Waals surface area contributed by atoms with Gasteiger partial charge < -0.3 is 5.32 Å². The SMILES string of the molecule is Cc1cc(=O)nc2c3ccccc3n(C(C)C(=O)NCc3ccccc3Cl)n12. The predicted octanol–water partition coefficient (Wildman–Crippen LogP) is 3.49. The molecule has 0 fully saturated rings. The van der Waals surface area contributed by atoms with Crippen molar-refractivity contribution in [2.45, 2.75) is 26.4 Å². The lowest BCUT2D eigenvalue weighted by Crippen LogP contribution is -2.32. The Bertz CT molecular complexity index is 1260. The first-order valence-corrected chi connectivity index (χ1v) is 9.36. The largest absolute Gasteiger partial charge is 0.350 e. The number of halogens is 1. The van der Waals surface area contributed by atoms with Crippen LogP contribution in [-0.2, 0) is 11.3 Å². The van der Waals surface area contributed by atoms with Crippen LogP contribution in [0.3, 0.4) is 0 Å². The number of hydrogen-bond donors (Lipinski definition) is 1. The number of nitrogens with zero attached hydrogens (tertiary/aromatic N) is 3. The molecule has 0 spiro atoms. The van der Waals surface area contributed by atoms with Gasteiger partial charge in [-0.1, -0.05) is 41.9 Å². The first-order chi connectivity index (χ1) is 13.5. The van der Waals surface area contributed by atoms with E-state index >= 15 is 0 Å². The lowest BCUT2D eigenvalue weighted by molar-refractivity contribution is -0.124. The molecule has 1 N–H and O–H groups in total. The van der Waals surface area contributed by atoms with Gasteiger partial charge in [0.2, 0.25) is 5.91 Å². The Hall–Kier alpha value is -3.12. The molecular weight excluding hydrogens is 376 g/mol. The third-order valence-corrected chi connectivity index (χ3v) is 5.22. The normalized spacial score (nSPS) is 12.4. The maximum absolute atomic E-state index is 12.9. The predicted molar refractivity (Wildman–Crippen MR) is 110 cm³/mol.